The van der Waals surface area contributed by atoms with Gasteiger partial charge in [-0.3, -0.25) is 9.69 Å². The molecule has 1 aliphatic rings. The van der Waals surface area contributed by atoms with Crippen molar-refractivity contribution in [3.05, 3.63) is 18.2 Å². The van der Waals surface area contributed by atoms with Crippen molar-refractivity contribution in [3.8, 4) is 5.75 Å². The molecule has 0 aliphatic carbocycles. The summed E-state index contributed by atoms with van der Waals surface area (Å²) < 4.78 is 5.56. The summed E-state index contributed by atoms with van der Waals surface area (Å²) in [6, 6.07) is 5.25. The highest BCUT2D eigenvalue weighted by atomic mass is 16.5. The molecule has 7 nitrogen and oxygen atoms in total. The molecule has 1 atom stereocenters. The van der Waals surface area contributed by atoms with Crippen LogP contribution in [0, 0.1) is 5.92 Å². The maximum absolute atomic E-state index is 12.0. The minimum Gasteiger partial charge on any atom is -0.494 e. The summed E-state index contributed by atoms with van der Waals surface area (Å²) in [6.07, 6.45) is 0. The van der Waals surface area contributed by atoms with Crippen molar-refractivity contribution in [2.75, 3.05) is 43.1 Å². The third-order valence-corrected chi connectivity index (χ3v) is 5.12. The van der Waals surface area contributed by atoms with Crippen molar-refractivity contribution in [1.29, 1.82) is 0 Å². The molecule has 1 heterocycles. The second-order valence-electron chi connectivity index (χ2n) is 7.04. The number of ether oxygens (including phenoxy) is 1. The summed E-state index contributed by atoms with van der Waals surface area (Å²) in [6.45, 7) is 10.6. The first-order valence-corrected chi connectivity index (χ1v) is 9.03. The smallest absolute Gasteiger partial charge is 0.319 e. The van der Waals surface area contributed by atoms with Gasteiger partial charge in [-0.05, 0) is 25.0 Å². The van der Waals surface area contributed by atoms with Gasteiger partial charge in [0.2, 0.25) is 5.91 Å². The third-order valence-electron chi connectivity index (χ3n) is 5.12. The molecule has 2 rings (SSSR count). The van der Waals surface area contributed by atoms with Crippen LogP contribution in [0.2, 0.25) is 0 Å². The summed E-state index contributed by atoms with van der Waals surface area (Å²) in [7, 11) is 1.59. The molecule has 26 heavy (non-hydrogen) atoms. The molecule has 1 aliphatic heterocycles. The fraction of sp³-hybridized carbons (Fsp3) is 0.579. The number of nitrogens with two attached hydrogens (primary N) is 1. The molecule has 1 saturated heterocycles. The van der Waals surface area contributed by atoms with Gasteiger partial charge in [-0.25, -0.2) is 4.79 Å². The number of methoxy groups -OCH3 is 1. The Balaban J connectivity index is 2.27. The summed E-state index contributed by atoms with van der Waals surface area (Å²) >= 11 is 0. The lowest BCUT2D eigenvalue weighted by atomic mass is 10.0. The van der Waals surface area contributed by atoms with Crippen molar-refractivity contribution in [2.45, 2.75) is 33.7 Å². The predicted molar refractivity (Wildman–Crippen MR) is 104 cm³/mol. The standard InChI is InChI=1S/C19H30N4O3/c1-13(2)14(3)23(19(20)25)17-7-6-16(12-18(17)26-5)22-10-8-21(9-11-22)15(4)24/h6-7,12-14H,8-11H2,1-5H3,(H2,20,25). The number of anilines is 2. The molecule has 0 radical (unpaired) electrons. The Morgan fingerprint density at radius 1 is 1.15 bits per heavy atom. The highest BCUT2D eigenvalue weighted by Crippen LogP contribution is 2.35. The second-order valence-corrected chi connectivity index (χ2v) is 7.04. The summed E-state index contributed by atoms with van der Waals surface area (Å²) in [5, 5.41) is 0. The van der Waals surface area contributed by atoms with Gasteiger partial charge >= 0.3 is 6.03 Å². The van der Waals surface area contributed by atoms with Gasteiger partial charge in [0.25, 0.3) is 0 Å². The number of hydrogen-bond donors (Lipinski definition) is 1. The fourth-order valence-electron chi connectivity index (χ4n) is 3.18. The zero-order valence-corrected chi connectivity index (χ0v) is 16.4. The zero-order valence-electron chi connectivity index (χ0n) is 16.4. The van der Waals surface area contributed by atoms with Crippen molar-refractivity contribution < 1.29 is 14.3 Å². The van der Waals surface area contributed by atoms with Gasteiger partial charge in [0.1, 0.15) is 5.75 Å². The molecule has 0 spiro atoms. The Morgan fingerprint density at radius 2 is 1.77 bits per heavy atom. The van der Waals surface area contributed by atoms with Gasteiger partial charge in [-0.2, -0.15) is 0 Å². The van der Waals surface area contributed by atoms with Crippen LogP contribution < -0.4 is 20.3 Å². The lowest BCUT2D eigenvalue weighted by molar-refractivity contribution is -0.129. The molecule has 2 N–H and O–H groups in total. The first-order valence-electron chi connectivity index (χ1n) is 9.03. The number of carbonyl (C=O) groups excluding carboxylic acids is 2. The van der Waals surface area contributed by atoms with Crippen molar-refractivity contribution in [1.82, 2.24) is 4.90 Å². The Hall–Kier alpha value is -2.44. The number of primary amides is 1. The van der Waals surface area contributed by atoms with E-state index in [1.165, 1.54) is 0 Å². The topological polar surface area (TPSA) is 79.1 Å². The SMILES string of the molecule is COc1cc(N2CCN(C(C)=O)CC2)ccc1N(C(N)=O)C(C)C(C)C. The third kappa shape index (κ3) is 4.20. The highest BCUT2D eigenvalue weighted by molar-refractivity contribution is 5.93. The van der Waals surface area contributed by atoms with E-state index in [-0.39, 0.29) is 17.9 Å². The first-order chi connectivity index (χ1) is 12.3. The molecule has 0 saturated carbocycles. The molecule has 7 heteroatoms. The molecule has 0 aromatic heterocycles. The van der Waals surface area contributed by atoms with Crippen LogP contribution >= 0.6 is 0 Å². The minimum absolute atomic E-state index is 0.0497. The molecule has 3 amide bonds. The number of rotatable bonds is 5. The number of hydrogen-bond acceptors (Lipinski definition) is 4. The zero-order chi connectivity index (χ0) is 19.4. The highest BCUT2D eigenvalue weighted by Gasteiger charge is 2.26. The number of urea groups is 1. The molecule has 1 unspecified atom stereocenters. The van der Waals surface area contributed by atoms with Gasteiger partial charge < -0.3 is 20.3 Å². The number of amides is 3. The number of nitrogens with zero attached hydrogens (tertiary/aromatic N) is 3. The number of benzene rings is 1. The van der Waals surface area contributed by atoms with Crippen LogP contribution in [-0.4, -0.2) is 56.2 Å². The summed E-state index contributed by atoms with van der Waals surface area (Å²) in [5.74, 6) is 0.978. The number of piperazine rings is 1. The number of carbonyl (C=O) groups is 2. The first kappa shape index (κ1) is 19.9. The molecule has 144 valence electrons. The van der Waals surface area contributed by atoms with E-state index in [0.717, 1.165) is 18.8 Å². The maximum Gasteiger partial charge on any atom is 0.319 e. The van der Waals surface area contributed by atoms with E-state index >= 15 is 0 Å². The summed E-state index contributed by atoms with van der Waals surface area (Å²) in [5.41, 5.74) is 7.32. The Bertz CT molecular complexity index is 654. The Morgan fingerprint density at radius 3 is 2.23 bits per heavy atom. The van der Waals surface area contributed by atoms with E-state index in [1.807, 2.05) is 30.0 Å². The molecule has 1 aromatic carbocycles. The lowest BCUT2D eigenvalue weighted by Crippen LogP contribution is -2.48. The van der Waals surface area contributed by atoms with Crippen LogP contribution in [0.3, 0.4) is 0 Å². The second kappa shape index (κ2) is 8.29. The van der Waals surface area contributed by atoms with E-state index in [0.29, 0.717) is 24.5 Å². The summed E-state index contributed by atoms with van der Waals surface area (Å²) in [4.78, 5) is 29.2. The minimum atomic E-state index is -0.493. The van der Waals surface area contributed by atoms with Crippen LogP contribution in [0.5, 0.6) is 5.75 Å². The van der Waals surface area contributed by atoms with Gasteiger partial charge in [-0.1, -0.05) is 13.8 Å². The molecule has 1 fully saturated rings. The van der Waals surface area contributed by atoms with E-state index in [4.69, 9.17) is 10.5 Å². The van der Waals surface area contributed by atoms with Crippen LogP contribution in [0.4, 0.5) is 16.2 Å². The molecular weight excluding hydrogens is 332 g/mol. The van der Waals surface area contributed by atoms with Gasteiger partial charge in [0.15, 0.2) is 0 Å². The van der Waals surface area contributed by atoms with Crippen molar-refractivity contribution in [2.24, 2.45) is 11.7 Å². The quantitative estimate of drug-likeness (QED) is 0.872. The largest absolute Gasteiger partial charge is 0.494 e. The van der Waals surface area contributed by atoms with Crippen LogP contribution in [0.15, 0.2) is 18.2 Å². The van der Waals surface area contributed by atoms with Crippen LogP contribution in [0.25, 0.3) is 0 Å². The van der Waals surface area contributed by atoms with E-state index in [9.17, 15) is 9.59 Å². The van der Waals surface area contributed by atoms with Crippen molar-refractivity contribution in [3.63, 3.8) is 0 Å². The van der Waals surface area contributed by atoms with E-state index in [1.54, 1.807) is 18.9 Å². The van der Waals surface area contributed by atoms with Crippen LogP contribution in [0.1, 0.15) is 27.7 Å². The van der Waals surface area contributed by atoms with Crippen molar-refractivity contribution >= 4 is 23.3 Å². The molecular formula is C19H30N4O3. The monoisotopic (exact) mass is 362 g/mol. The average Bonchev–Trinajstić information content (AvgIpc) is 2.61. The molecule has 1 aromatic rings. The lowest BCUT2D eigenvalue weighted by Gasteiger charge is -2.36. The van der Waals surface area contributed by atoms with Gasteiger partial charge in [0, 0.05) is 50.9 Å². The Labute approximate surface area is 155 Å². The fourth-order valence-corrected chi connectivity index (χ4v) is 3.18. The van der Waals surface area contributed by atoms with Gasteiger partial charge in [-0.15, -0.1) is 0 Å². The predicted octanol–water partition coefficient (Wildman–Crippen LogP) is 2.29. The van der Waals surface area contributed by atoms with Crippen LogP contribution in [-0.2, 0) is 4.79 Å². The van der Waals surface area contributed by atoms with E-state index < -0.39 is 6.03 Å². The maximum atomic E-state index is 12.0. The normalized spacial score (nSPS) is 15.8. The average molecular weight is 362 g/mol. The van der Waals surface area contributed by atoms with E-state index in [2.05, 4.69) is 18.7 Å². The Kier molecular flexibility index (Phi) is 6.34. The molecule has 0 bridgehead atoms. The van der Waals surface area contributed by atoms with Gasteiger partial charge in [0.05, 0.1) is 12.8 Å².